The van der Waals surface area contributed by atoms with E-state index in [0.717, 1.165) is 37.0 Å². The van der Waals surface area contributed by atoms with Gasteiger partial charge in [-0.1, -0.05) is 58.3 Å². The second-order valence-corrected chi connectivity index (χ2v) is 6.86. The van der Waals surface area contributed by atoms with E-state index in [2.05, 4.69) is 6.92 Å². The predicted molar refractivity (Wildman–Crippen MR) is 77.6 cm³/mol. The number of hydrogen-bond acceptors (Lipinski definition) is 1. The van der Waals surface area contributed by atoms with Crippen LogP contribution in [-0.4, -0.2) is 11.2 Å². The van der Waals surface area contributed by atoms with Crippen molar-refractivity contribution in [3.05, 3.63) is 0 Å². The van der Waals surface area contributed by atoms with E-state index in [1.54, 1.807) is 0 Å². The Morgan fingerprint density at radius 2 is 1.78 bits per heavy atom. The highest BCUT2D eigenvalue weighted by Gasteiger charge is 2.31. The lowest BCUT2D eigenvalue weighted by Gasteiger charge is -2.39. The molecule has 4 atom stereocenters. The molecule has 2 saturated carbocycles. The Balaban J connectivity index is 1.62. The Morgan fingerprint density at radius 1 is 1.00 bits per heavy atom. The van der Waals surface area contributed by atoms with E-state index < -0.39 is 0 Å². The van der Waals surface area contributed by atoms with E-state index in [9.17, 15) is 5.11 Å². The molecule has 4 unspecified atom stereocenters. The Hall–Kier alpha value is -0.0400. The molecule has 106 valence electrons. The lowest BCUT2D eigenvalue weighted by atomic mass is 9.67. The van der Waals surface area contributed by atoms with Crippen molar-refractivity contribution in [2.75, 3.05) is 0 Å². The van der Waals surface area contributed by atoms with Gasteiger partial charge in [-0.05, 0) is 43.4 Å². The second kappa shape index (κ2) is 7.53. The molecule has 2 rings (SSSR count). The summed E-state index contributed by atoms with van der Waals surface area (Å²) in [5, 5.41) is 9.77. The molecule has 1 nitrogen and oxygen atoms in total. The summed E-state index contributed by atoms with van der Waals surface area (Å²) >= 11 is 0. The van der Waals surface area contributed by atoms with Crippen LogP contribution < -0.4 is 0 Å². The molecule has 2 fully saturated rings. The van der Waals surface area contributed by atoms with Gasteiger partial charge in [0, 0.05) is 0 Å². The smallest absolute Gasteiger partial charge is 0.0540 e. The first-order valence-corrected chi connectivity index (χ1v) is 8.47. The van der Waals surface area contributed by atoms with Crippen molar-refractivity contribution < 1.29 is 5.11 Å². The van der Waals surface area contributed by atoms with Crippen molar-refractivity contribution in [3.63, 3.8) is 0 Å². The highest BCUT2D eigenvalue weighted by Crippen LogP contribution is 2.43. The number of rotatable bonds is 6. The predicted octanol–water partition coefficient (Wildman–Crippen LogP) is 4.92. The van der Waals surface area contributed by atoms with Crippen molar-refractivity contribution in [1.29, 1.82) is 0 Å². The van der Waals surface area contributed by atoms with Gasteiger partial charge < -0.3 is 5.11 Å². The summed E-state index contributed by atoms with van der Waals surface area (Å²) < 4.78 is 0. The number of fused-ring (bicyclic) bond motifs is 1. The molecule has 0 aromatic heterocycles. The van der Waals surface area contributed by atoms with Crippen LogP contribution >= 0.6 is 0 Å². The van der Waals surface area contributed by atoms with Crippen molar-refractivity contribution in [2.24, 2.45) is 17.8 Å². The fraction of sp³-hybridized carbons (Fsp3) is 1.00. The minimum atomic E-state index is -0.0268. The highest BCUT2D eigenvalue weighted by molar-refractivity contribution is 4.83. The van der Waals surface area contributed by atoms with Gasteiger partial charge in [0.2, 0.25) is 0 Å². The van der Waals surface area contributed by atoms with Crippen LogP contribution in [0.25, 0.3) is 0 Å². The van der Waals surface area contributed by atoms with E-state index in [1.165, 1.54) is 57.8 Å². The summed E-state index contributed by atoms with van der Waals surface area (Å²) in [6, 6.07) is 0. The molecule has 0 aromatic carbocycles. The fourth-order valence-electron chi connectivity index (χ4n) is 4.35. The highest BCUT2D eigenvalue weighted by atomic mass is 16.3. The maximum Gasteiger partial charge on any atom is 0.0540 e. The van der Waals surface area contributed by atoms with Gasteiger partial charge in [-0.25, -0.2) is 0 Å². The molecule has 0 amide bonds. The Labute approximate surface area is 113 Å². The molecule has 18 heavy (non-hydrogen) atoms. The van der Waals surface area contributed by atoms with E-state index in [4.69, 9.17) is 0 Å². The maximum atomic E-state index is 9.77. The Bertz CT molecular complexity index is 226. The third kappa shape index (κ3) is 4.26. The number of aliphatic hydroxyl groups is 1. The molecule has 0 spiro atoms. The van der Waals surface area contributed by atoms with Crippen molar-refractivity contribution in [3.8, 4) is 0 Å². The molecule has 1 heteroatoms. The zero-order chi connectivity index (χ0) is 12.8. The molecule has 0 bridgehead atoms. The summed E-state index contributed by atoms with van der Waals surface area (Å²) in [5.74, 6) is 3.14. The van der Waals surface area contributed by atoms with Gasteiger partial charge >= 0.3 is 0 Å². The summed E-state index contributed by atoms with van der Waals surface area (Å²) in [4.78, 5) is 0. The SMILES string of the molecule is CCCC(O)CCCC1CCC2CCCCC2C1. The average molecular weight is 252 g/mol. The molecule has 1 N–H and O–H groups in total. The molecule has 2 aliphatic carbocycles. The fourth-order valence-corrected chi connectivity index (χ4v) is 4.35. The molecule has 2 aliphatic rings. The molecule has 0 radical (unpaired) electrons. The first kappa shape index (κ1) is 14.4. The quantitative estimate of drug-likeness (QED) is 0.711. The zero-order valence-electron chi connectivity index (χ0n) is 12.2. The first-order chi connectivity index (χ1) is 8.79. The molecule has 0 aliphatic heterocycles. The minimum Gasteiger partial charge on any atom is -0.393 e. The van der Waals surface area contributed by atoms with Crippen molar-refractivity contribution in [2.45, 2.75) is 90.1 Å². The lowest BCUT2D eigenvalue weighted by molar-refractivity contribution is 0.115. The van der Waals surface area contributed by atoms with Gasteiger partial charge in [0.15, 0.2) is 0 Å². The van der Waals surface area contributed by atoms with E-state index >= 15 is 0 Å². The third-order valence-electron chi connectivity index (χ3n) is 5.42. The molecule has 0 heterocycles. The monoisotopic (exact) mass is 252 g/mol. The third-order valence-corrected chi connectivity index (χ3v) is 5.42. The molecular weight excluding hydrogens is 220 g/mol. The van der Waals surface area contributed by atoms with Crippen LogP contribution in [0.1, 0.15) is 84.0 Å². The van der Waals surface area contributed by atoms with Gasteiger partial charge in [-0.2, -0.15) is 0 Å². The van der Waals surface area contributed by atoms with E-state index in [1.807, 2.05) is 0 Å². The minimum absolute atomic E-state index is 0.0268. The van der Waals surface area contributed by atoms with Gasteiger partial charge in [-0.15, -0.1) is 0 Å². The van der Waals surface area contributed by atoms with Crippen molar-refractivity contribution in [1.82, 2.24) is 0 Å². The van der Waals surface area contributed by atoms with Gasteiger partial charge in [-0.3, -0.25) is 0 Å². The molecule has 0 saturated heterocycles. The second-order valence-electron chi connectivity index (χ2n) is 6.86. The van der Waals surface area contributed by atoms with Crippen LogP contribution in [-0.2, 0) is 0 Å². The average Bonchev–Trinajstić information content (AvgIpc) is 2.39. The van der Waals surface area contributed by atoms with Crippen LogP contribution in [0.2, 0.25) is 0 Å². The normalized spacial score (nSPS) is 34.0. The summed E-state index contributed by atoms with van der Waals surface area (Å²) in [6.07, 6.45) is 16.3. The van der Waals surface area contributed by atoms with E-state index in [-0.39, 0.29) is 6.10 Å². The van der Waals surface area contributed by atoms with Crippen LogP contribution in [0.3, 0.4) is 0 Å². The lowest BCUT2D eigenvalue weighted by Crippen LogP contribution is -2.27. The zero-order valence-corrected chi connectivity index (χ0v) is 12.2. The number of hydrogen-bond donors (Lipinski definition) is 1. The van der Waals surface area contributed by atoms with Crippen LogP contribution in [0.15, 0.2) is 0 Å². The van der Waals surface area contributed by atoms with Gasteiger partial charge in [0.1, 0.15) is 0 Å². The van der Waals surface area contributed by atoms with Crippen molar-refractivity contribution >= 4 is 0 Å². The summed E-state index contributed by atoms with van der Waals surface area (Å²) in [7, 11) is 0. The van der Waals surface area contributed by atoms with Crippen LogP contribution in [0, 0.1) is 17.8 Å². The first-order valence-electron chi connectivity index (χ1n) is 8.47. The maximum absolute atomic E-state index is 9.77. The topological polar surface area (TPSA) is 20.2 Å². The summed E-state index contributed by atoms with van der Waals surface area (Å²) in [5.41, 5.74) is 0. The van der Waals surface area contributed by atoms with Gasteiger partial charge in [0.25, 0.3) is 0 Å². The number of aliphatic hydroxyl groups excluding tert-OH is 1. The Morgan fingerprint density at radius 3 is 2.56 bits per heavy atom. The largest absolute Gasteiger partial charge is 0.393 e. The van der Waals surface area contributed by atoms with Crippen LogP contribution in [0.5, 0.6) is 0 Å². The van der Waals surface area contributed by atoms with E-state index in [0.29, 0.717) is 0 Å². The van der Waals surface area contributed by atoms with Crippen LogP contribution in [0.4, 0.5) is 0 Å². The Kier molecular flexibility index (Phi) is 6.01. The summed E-state index contributed by atoms with van der Waals surface area (Å²) in [6.45, 7) is 2.16. The molecular formula is C17H32O. The standard InChI is InChI=1S/C17H32O/c1-2-6-17(18)10-5-7-14-11-12-15-8-3-4-9-16(15)13-14/h14-18H,2-13H2,1H3. The molecule has 0 aromatic rings. The van der Waals surface area contributed by atoms with Gasteiger partial charge in [0.05, 0.1) is 6.10 Å².